The Balaban J connectivity index is 1.69. The Morgan fingerprint density at radius 2 is 1.96 bits per heavy atom. The predicted molar refractivity (Wildman–Crippen MR) is 109 cm³/mol. The highest BCUT2D eigenvalue weighted by atomic mass is 32.1. The van der Waals surface area contributed by atoms with Crippen LogP contribution in [-0.4, -0.2) is 30.1 Å². The van der Waals surface area contributed by atoms with Crippen LogP contribution in [0.1, 0.15) is 25.6 Å². The number of ether oxygens (including phenoxy) is 1. The van der Waals surface area contributed by atoms with Crippen molar-refractivity contribution in [3.8, 4) is 5.75 Å². The number of rotatable bonds is 4. The lowest BCUT2D eigenvalue weighted by Gasteiger charge is -2.25. The van der Waals surface area contributed by atoms with Crippen LogP contribution >= 0.6 is 11.3 Å². The molecule has 0 saturated heterocycles. The van der Waals surface area contributed by atoms with E-state index in [1.807, 2.05) is 29.6 Å². The number of fused-ring (bicyclic) bond motifs is 1. The summed E-state index contributed by atoms with van der Waals surface area (Å²) in [5.41, 5.74) is 2.39. The molecule has 1 aromatic heterocycles. The van der Waals surface area contributed by atoms with Gasteiger partial charge in [0.1, 0.15) is 12.4 Å². The summed E-state index contributed by atoms with van der Waals surface area (Å²) < 4.78 is 5.82. The normalized spacial score (nSPS) is 13.2. The zero-order chi connectivity index (χ0) is 19.5. The van der Waals surface area contributed by atoms with Crippen LogP contribution in [0.15, 0.2) is 60.0 Å². The molecule has 1 aliphatic heterocycles. The van der Waals surface area contributed by atoms with E-state index in [-0.39, 0.29) is 11.5 Å². The number of anilines is 2. The Bertz CT molecular complexity index is 1020. The van der Waals surface area contributed by atoms with Gasteiger partial charge in [0.05, 0.1) is 28.4 Å². The highest BCUT2D eigenvalue weighted by Crippen LogP contribution is 2.32. The average Bonchev–Trinajstić information content (AvgIpc) is 3.15. The molecule has 0 spiro atoms. The van der Waals surface area contributed by atoms with Gasteiger partial charge in [-0.2, -0.15) is 0 Å². The molecule has 7 heteroatoms. The fraction of sp³-hybridized carbons (Fsp3) is 0.143. The zero-order valence-electron chi connectivity index (χ0n) is 14.9. The smallest absolute Gasteiger partial charge is 0.335 e. The van der Waals surface area contributed by atoms with E-state index in [1.54, 1.807) is 24.3 Å². The van der Waals surface area contributed by atoms with E-state index in [0.29, 0.717) is 30.3 Å². The molecule has 0 aliphatic carbocycles. The first-order chi connectivity index (χ1) is 13.6. The second-order valence-corrected chi connectivity index (χ2v) is 7.29. The third-order valence-corrected chi connectivity index (χ3v) is 5.40. The number of aromatic carboxylic acids is 1. The summed E-state index contributed by atoms with van der Waals surface area (Å²) in [6, 6.07) is 16.2. The van der Waals surface area contributed by atoms with Crippen LogP contribution in [-0.2, 0) is 6.54 Å². The Labute approximate surface area is 166 Å². The molecule has 1 aliphatic rings. The number of carboxylic acids is 1. The summed E-state index contributed by atoms with van der Waals surface area (Å²) in [7, 11) is 0. The monoisotopic (exact) mass is 394 g/mol. The lowest BCUT2D eigenvalue weighted by molar-refractivity contribution is 0.0696. The van der Waals surface area contributed by atoms with Crippen molar-refractivity contribution in [2.75, 3.05) is 23.4 Å². The number of carbonyl (C=O) groups excluding carboxylic acids is 1. The van der Waals surface area contributed by atoms with Crippen molar-refractivity contribution >= 4 is 34.6 Å². The van der Waals surface area contributed by atoms with Crippen molar-refractivity contribution in [1.29, 1.82) is 0 Å². The second-order valence-electron chi connectivity index (χ2n) is 6.35. The molecule has 0 atom stereocenters. The third-order valence-electron chi connectivity index (χ3n) is 4.53. The molecule has 0 bridgehead atoms. The molecule has 0 fully saturated rings. The minimum absolute atomic E-state index is 0.122. The van der Waals surface area contributed by atoms with Gasteiger partial charge in [-0.1, -0.05) is 24.3 Å². The van der Waals surface area contributed by atoms with E-state index in [9.17, 15) is 14.7 Å². The van der Waals surface area contributed by atoms with Crippen molar-refractivity contribution in [2.24, 2.45) is 0 Å². The minimum atomic E-state index is -1.04. The van der Waals surface area contributed by atoms with E-state index in [4.69, 9.17) is 4.74 Å². The zero-order valence-corrected chi connectivity index (χ0v) is 15.7. The van der Waals surface area contributed by atoms with Crippen LogP contribution in [0.25, 0.3) is 0 Å². The first-order valence-corrected chi connectivity index (χ1v) is 9.67. The van der Waals surface area contributed by atoms with E-state index in [0.717, 1.165) is 17.0 Å². The summed E-state index contributed by atoms with van der Waals surface area (Å²) in [4.78, 5) is 26.6. The minimum Gasteiger partial charge on any atom is -0.491 e. The highest BCUT2D eigenvalue weighted by molar-refractivity contribution is 7.12. The predicted octanol–water partition coefficient (Wildman–Crippen LogP) is 4.10. The van der Waals surface area contributed by atoms with Crippen molar-refractivity contribution in [3.05, 3.63) is 76.0 Å². The van der Waals surface area contributed by atoms with Gasteiger partial charge in [0.15, 0.2) is 0 Å². The maximum atomic E-state index is 12.6. The Hall–Kier alpha value is -3.32. The molecule has 2 heterocycles. The van der Waals surface area contributed by atoms with Crippen molar-refractivity contribution in [2.45, 2.75) is 6.54 Å². The van der Waals surface area contributed by atoms with Crippen LogP contribution in [0.5, 0.6) is 5.75 Å². The van der Waals surface area contributed by atoms with Crippen LogP contribution in [0.3, 0.4) is 0 Å². The van der Waals surface area contributed by atoms with Crippen LogP contribution in [0, 0.1) is 0 Å². The number of carbonyl (C=O) groups is 2. The van der Waals surface area contributed by atoms with Crippen LogP contribution < -0.4 is 15.0 Å². The summed E-state index contributed by atoms with van der Waals surface area (Å²) >= 11 is 1.33. The summed E-state index contributed by atoms with van der Waals surface area (Å²) in [6.07, 6.45) is 0. The Kier molecular flexibility index (Phi) is 4.99. The number of amides is 1. The number of benzene rings is 2. The topological polar surface area (TPSA) is 78.9 Å². The molecular formula is C21H18N2O4S. The molecule has 6 nitrogen and oxygen atoms in total. The number of thiophene rings is 1. The Morgan fingerprint density at radius 1 is 1.11 bits per heavy atom. The van der Waals surface area contributed by atoms with Crippen molar-refractivity contribution in [1.82, 2.24) is 0 Å². The van der Waals surface area contributed by atoms with Gasteiger partial charge in [-0.25, -0.2) is 4.79 Å². The van der Waals surface area contributed by atoms with Crippen molar-refractivity contribution < 1.29 is 19.4 Å². The maximum absolute atomic E-state index is 12.6. The molecule has 1 amide bonds. The second kappa shape index (κ2) is 7.74. The van der Waals surface area contributed by atoms with Gasteiger partial charge in [-0.15, -0.1) is 11.3 Å². The summed E-state index contributed by atoms with van der Waals surface area (Å²) in [5, 5.41) is 14.1. The van der Waals surface area contributed by atoms with Crippen LogP contribution in [0.2, 0.25) is 0 Å². The van der Waals surface area contributed by atoms with Gasteiger partial charge in [0.25, 0.3) is 5.91 Å². The van der Waals surface area contributed by atoms with E-state index < -0.39 is 5.97 Å². The van der Waals surface area contributed by atoms with Gasteiger partial charge in [0, 0.05) is 12.1 Å². The molecule has 28 heavy (non-hydrogen) atoms. The standard InChI is InChI=1S/C21H18N2O4S/c24-20(19-6-3-11-28-19)22-16-12-14(21(25)26)7-8-17(16)23-9-10-27-18-5-2-1-4-15(18)13-23/h1-8,11-12H,9-10,13H2,(H,22,24)(H,25,26). The number of hydrogen-bond donors (Lipinski definition) is 2. The number of para-hydroxylation sites is 1. The van der Waals surface area contributed by atoms with Gasteiger partial charge >= 0.3 is 5.97 Å². The number of nitrogens with zero attached hydrogens (tertiary/aromatic N) is 1. The molecule has 0 radical (unpaired) electrons. The van der Waals surface area contributed by atoms with E-state index in [2.05, 4.69) is 10.2 Å². The molecule has 142 valence electrons. The highest BCUT2D eigenvalue weighted by Gasteiger charge is 2.20. The first kappa shape index (κ1) is 18.1. The summed E-state index contributed by atoms with van der Waals surface area (Å²) in [6.45, 7) is 1.71. The largest absolute Gasteiger partial charge is 0.491 e. The number of nitrogens with one attached hydrogen (secondary N) is 1. The molecular weight excluding hydrogens is 376 g/mol. The van der Waals surface area contributed by atoms with E-state index >= 15 is 0 Å². The SMILES string of the molecule is O=C(O)c1ccc(N2CCOc3ccccc3C2)c(NC(=O)c2cccs2)c1. The lowest BCUT2D eigenvalue weighted by atomic mass is 10.1. The third kappa shape index (κ3) is 3.70. The summed E-state index contributed by atoms with van der Waals surface area (Å²) in [5.74, 6) is -0.454. The molecule has 3 aromatic rings. The molecule has 2 N–H and O–H groups in total. The maximum Gasteiger partial charge on any atom is 0.335 e. The molecule has 0 saturated carbocycles. The first-order valence-electron chi connectivity index (χ1n) is 8.79. The van der Waals surface area contributed by atoms with Gasteiger partial charge in [0.2, 0.25) is 0 Å². The Morgan fingerprint density at radius 3 is 2.75 bits per heavy atom. The quantitative estimate of drug-likeness (QED) is 0.697. The number of carboxylic acid groups (broad SMARTS) is 1. The van der Waals surface area contributed by atoms with Crippen molar-refractivity contribution in [3.63, 3.8) is 0 Å². The van der Waals surface area contributed by atoms with Gasteiger partial charge in [-0.05, 0) is 35.7 Å². The molecule has 2 aromatic carbocycles. The fourth-order valence-corrected chi connectivity index (χ4v) is 3.79. The van der Waals surface area contributed by atoms with Crippen LogP contribution in [0.4, 0.5) is 11.4 Å². The van der Waals surface area contributed by atoms with Gasteiger partial charge in [-0.3, -0.25) is 4.79 Å². The molecule has 4 rings (SSSR count). The van der Waals surface area contributed by atoms with E-state index in [1.165, 1.54) is 17.4 Å². The fourth-order valence-electron chi connectivity index (χ4n) is 3.17. The lowest BCUT2D eigenvalue weighted by Crippen LogP contribution is -2.27. The van der Waals surface area contributed by atoms with Gasteiger partial charge < -0.3 is 20.1 Å². The number of hydrogen-bond acceptors (Lipinski definition) is 5. The molecule has 0 unspecified atom stereocenters. The average molecular weight is 394 g/mol.